The maximum absolute atomic E-state index is 12.5. The highest BCUT2D eigenvalue weighted by atomic mass is 16.1. The molecule has 0 aliphatic rings. The van der Waals surface area contributed by atoms with Crippen LogP contribution in [0.25, 0.3) is 10.9 Å². The Bertz CT molecular complexity index is 969. The molecule has 0 bridgehead atoms. The Morgan fingerprint density at radius 2 is 1.64 bits per heavy atom. The van der Waals surface area contributed by atoms with Crippen molar-refractivity contribution in [1.29, 1.82) is 0 Å². The van der Waals surface area contributed by atoms with Crippen LogP contribution in [0.5, 0.6) is 0 Å². The minimum absolute atomic E-state index is 0.0112. The van der Waals surface area contributed by atoms with Gasteiger partial charge in [-0.25, -0.2) is 0 Å². The standard InChI is InChI=1S/C23H27N3O2/c1-4-25(5-2)14-15-26-13-12-20-16-21(10-11-22(20)26)24-23(28)19-8-6-18(7-9-19)17(3)27/h6-13,16H,4-5,14-15H2,1-3H3,(H,24,28). The van der Waals surface area contributed by atoms with E-state index in [2.05, 4.69) is 40.9 Å². The fraction of sp³-hybridized carbons (Fsp3) is 0.304. The number of ketones is 1. The van der Waals surface area contributed by atoms with Crippen molar-refractivity contribution in [3.63, 3.8) is 0 Å². The molecule has 0 atom stereocenters. The lowest BCUT2D eigenvalue weighted by Crippen LogP contribution is -2.26. The number of Topliss-reactive ketones (excluding diaryl/α,β-unsaturated/α-hetero) is 1. The zero-order valence-corrected chi connectivity index (χ0v) is 16.7. The smallest absolute Gasteiger partial charge is 0.255 e. The number of aromatic nitrogens is 1. The van der Waals surface area contributed by atoms with Crippen LogP contribution in [-0.4, -0.2) is 40.8 Å². The molecule has 5 heteroatoms. The Morgan fingerprint density at radius 3 is 2.29 bits per heavy atom. The lowest BCUT2D eigenvalue weighted by Gasteiger charge is -2.18. The highest BCUT2D eigenvalue weighted by Gasteiger charge is 2.09. The van der Waals surface area contributed by atoms with Gasteiger partial charge in [0, 0.05) is 47.0 Å². The molecule has 0 fully saturated rings. The van der Waals surface area contributed by atoms with Crippen molar-refractivity contribution in [3.05, 3.63) is 65.9 Å². The van der Waals surface area contributed by atoms with Crippen LogP contribution >= 0.6 is 0 Å². The van der Waals surface area contributed by atoms with Gasteiger partial charge in [0.05, 0.1) is 0 Å². The molecule has 1 heterocycles. The maximum atomic E-state index is 12.5. The van der Waals surface area contributed by atoms with E-state index < -0.39 is 0 Å². The maximum Gasteiger partial charge on any atom is 0.255 e. The fourth-order valence-corrected chi connectivity index (χ4v) is 3.32. The number of anilines is 1. The van der Waals surface area contributed by atoms with E-state index in [0.29, 0.717) is 11.1 Å². The Hall–Kier alpha value is -2.92. The van der Waals surface area contributed by atoms with E-state index in [1.54, 1.807) is 24.3 Å². The van der Waals surface area contributed by atoms with Gasteiger partial charge in [-0.3, -0.25) is 9.59 Å². The lowest BCUT2D eigenvalue weighted by molar-refractivity contribution is 0.101. The summed E-state index contributed by atoms with van der Waals surface area (Å²) < 4.78 is 2.25. The first-order valence-electron chi connectivity index (χ1n) is 9.75. The number of carbonyl (C=O) groups excluding carboxylic acids is 2. The van der Waals surface area contributed by atoms with Crippen LogP contribution in [-0.2, 0) is 6.54 Å². The first-order valence-corrected chi connectivity index (χ1v) is 9.75. The summed E-state index contributed by atoms with van der Waals surface area (Å²) in [6.07, 6.45) is 2.10. The van der Waals surface area contributed by atoms with Gasteiger partial charge in [0.2, 0.25) is 0 Å². The molecule has 28 heavy (non-hydrogen) atoms. The van der Waals surface area contributed by atoms with Gasteiger partial charge in [0.15, 0.2) is 5.78 Å². The fourth-order valence-electron chi connectivity index (χ4n) is 3.32. The predicted octanol–water partition coefficient (Wildman–Crippen LogP) is 4.44. The van der Waals surface area contributed by atoms with Gasteiger partial charge in [-0.1, -0.05) is 26.0 Å². The van der Waals surface area contributed by atoms with E-state index in [0.717, 1.165) is 42.8 Å². The van der Waals surface area contributed by atoms with E-state index in [-0.39, 0.29) is 11.7 Å². The topological polar surface area (TPSA) is 54.3 Å². The highest BCUT2D eigenvalue weighted by Crippen LogP contribution is 2.21. The first-order chi connectivity index (χ1) is 13.5. The summed E-state index contributed by atoms with van der Waals surface area (Å²) in [5.74, 6) is -0.196. The van der Waals surface area contributed by atoms with Gasteiger partial charge in [-0.05, 0) is 56.4 Å². The molecular formula is C23H27N3O2. The van der Waals surface area contributed by atoms with E-state index in [1.807, 2.05) is 18.2 Å². The molecule has 0 saturated heterocycles. The molecule has 1 N–H and O–H groups in total. The third kappa shape index (κ3) is 4.49. The molecule has 0 unspecified atom stereocenters. The van der Waals surface area contributed by atoms with Crippen molar-refractivity contribution in [3.8, 4) is 0 Å². The van der Waals surface area contributed by atoms with E-state index >= 15 is 0 Å². The molecule has 1 aromatic heterocycles. The molecule has 0 saturated carbocycles. The average molecular weight is 377 g/mol. The minimum Gasteiger partial charge on any atom is -0.346 e. The Balaban J connectivity index is 1.70. The predicted molar refractivity (Wildman–Crippen MR) is 114 cm³/mol. The van der Waals surface area contributed by atoms with Crippen LogP contribution in [0.3, 0.4) is 0 Å². The Labute approximate surface area is 166 Å². The molecule has 0 aliphatic carbocycles. The second kappa shape index (κ2) is 8.85. The molecule has 2 aromatic carbocycles. The average Bonchev–Trinajstić information content (AvgIpc) is 3.11. The number of nitrogens with one attached hydrogen (secondary N) is 1. The third-order valence-corrected chi connectivity index (χ3v) is 5.13. The molecule has 0 spiro atoms. The number of carbonyl (C=O) groups is 2. The van der Waals surface area contributed by atoms with E-state index in [9.17, 15) is 9.59 Å². The van der Waals surface area contributed by atoms with Gasteiger partial charge in [-0.15, -0.1) is 0 Å². The zero-order valence-electron chi connectivity index (χ0n) is 16.7. The van der Waals surface area contributed by atoms with Crippen molar-refractivity contribution in [1.82, 2.24) is 9.47 Å². The van der Waals surface area contributed by atoms with Gasteiger partial charge in [0.1, 0.15) is 0 Å². The number of benzene rings is 2. The third-order valence-electron chi connectivity index (χ3n) is 5.13. The zero-order chi connectivity index (χ0) is 20.1. The van der Waals surface area contributed by atoms with Crippen molar-refractivity contribution < 1.29 is 9.59 Å². The van der Waals surface area contributed by atoms with Crippen LogP contribution in [0.2, 0.25) is 0 Å². The minimum atomic E-state index is -0.185. The molecule has 146 valence electrons. The van der Waals surface area contributed by atoms with Gasteiger partial charge in [0.25, 0.3) is 5.91 Å². The van der Waals surface area contributed by atoms with Gasteiger partial charge < -0.3 is 14.8 Å². The SMILES string of the molecule is CCN(CC)CCn1ccc2cc(NC(=O)c3ccc(C(C)=O)cc3)ccc21. The molecule has 1 amide bonds. The largest absolute Gasteiger partial charge is 0.346 e. The summed E-state index contributed by atoms with van der Waals surface area (Å²) in [7, 11) is 0. The van der Waals surface area contributed by atoms with Crippen molar-refractivity contribution in [2.75, 3.05) is 25.0 Å². The summed E-state index contributed by atoms with van der Waals surface area (Å²) in [5.41, 5.74) is 3.05. The second-order valence-corrected chi connectivity index (χ2v) is 6.90. The lowest BCUT2D eigenvalue weighted by atomic mass is 10.1. The number of fused-ring (bicyclic) bond motifs is 1. The van der Waals surface area contributed by atoms with Crippen molar-refractivity contribution in [2.24, 2.45) is 0 Å². The van der Waals surface area contributed by atoms with Crippen LogP contribution in [0.4, 0.5) is 5.69 Å². The number of nitrogens with zero attached hydrogens (tertiary/aromatic N) is 2. The monoisotopic (exact) mass is 377 g/mol. The van der Waals surface area contributed by atoms with Gasteiger partial charge in [-0.2, -0.15) is 0 Å². The number of hydrogen-bond acceptors (Lipinski definition) is 3. The summed E-state index contributed by atoms with van der Waals surface area (Å²) in [4.78, 5) is 26.2. The Morgan fingerprint density at radius 1 is 0.964 bits per heavy atom. The summed E-state index contributed by atoms with van der Waals surface area (Å²) in [6.45, 7) is 9.95. The highest BCUT2D eigenvalue weighted by molar-refractivity contribution is 6.05. The molecule has 3 rings (SSSR count). The molecule has 5 nitrogen and oxygen atoms in total. The summed E-state index contributed by atoms with van der Waals surface area (Å²) in [5, 5.41) is 4.04. The van der Waals surface area contributed by atoms with Crippen LogP contribution in [0, 0.1) is 0 Å². The molecule has 0 aliphatic heterocycles. The van der Waals surface area contributed by atoms with Crippen molar-refractivity contribution >= 4 is 28.3 Å². The van der Waals surface area contributed by atoms with E-state index in [1.165, 1.54) is 6.92 Å². The van der Waals surface area contributed by atoms with Crippen LogP contribution in [0.1, 0.15) is 41.5 Å². The number of rotatable bonds is 8. The van der Waals surface area contributed by atoms with E-state index in [4.69, 9.17) is 0 Å². The normalized spacial score (nSPS) is 11.1. The Kier molecular flexibility index (Phi) is 6.26. The summed E-state index contributed by atoms with van der Waals surface area (Å²) >= 11 is 0. The number of hydrogen-bond donors (Lipinski definition) is 1. The molecule has 0 radical (unpaired) electrons. The number of likely N-dealkylation sites (N-methyl/N-ethyl adjacent to an activating group) is 1. The summed E-state index contributed by atoms with van der Waals surface area (Å²) in [6, 6.07) is 14.7. The van der Waals surface area contributed by atoms with Crippen molar-refractivity contribution in [2.45, 2.75) is 27.3 Å². The molecular weight excluding hydrogens is 350 g/mol. The second-order valence-electron chi connectivity index (χ2n) is 6.90. The quantitative estimate of drug-likeness (QED) is 0.591. The first kappa shape index (κ1) is 19.8. The molecule has 3 aromatic rings. The van der Waals surface area contributed by atoms with Crippen LogP contribution < -0.4 is 5.32 Å². The van der Waals surface area contributed by atoms with Gasteiger partial charge >= 0.3 is 0 Å². The number of amides is 1. The van der Waals surface area contributed by atoms with Crippen LogP contribution in [0.15, 0.2) is 54.7 Å².